The molecule has 1 aromatic carbocycles. The highest BCUT2D eigenvalue weighted by Crippen LogP contribution is 2.28. The summed E-state index contributed by atoms with van der Waals surface area (Å²) >= 11 is 5.69. The fraction of sp³-hybridized carbons (Fsp3) is 0.500. The summed E-state index contributed by atoms with van der Waals surface area (Å²) in [7, 11) is 0. The highest BCUT2D eigenvalue weighted by atomic mass is 35.5. The summed E-state index contributed by atoms with van der Waals surface area (Å²) in [6, 6.07) is 5.61. The van der Waals surface area contributed by atoms with Crippen molar-refractivity contribution in [1.29, 1.82) is 0 Å². The molecule has 1 amide bonds. The summed E-state index contributed by atoms with van der Waals surface area (Å²) in [6.07, 6.45) is 0. The molecule has 106 valence electrons. The maximum absolute atomic E-state index is 11.4. The highest BCUT2D eigenvalue weighted by molar-refractivity contribution is 6.30. The van der Waals surface area contributed by atoms with Crippen molar-refractivity contribution < 1.29 is 14.3 Å². The lowest BCUT2D eigenvalue weighted by atomic mass is 10.2. The summed E-state index contributed by atoms with van der Waals surface area (Å²) in [5, 5.41) is 2.22. The Kier molecular flexibility index (Phi) is 6.50. The van der Waals surface area contributed by atoms with Gasteiger partial charge >= 0.3 is 0 Å². The van der Waals surface area contributed by atoms with E-state index in [-0.39, 0.29) is 5.91 Å². The summed E-state index contributed by atoms with van der Waals surface area (Å²) in [6.45, 7) is 7.04. The molecule has 19 heavy (non-hydrogen) atoms. The predicted octanol–water partition coefficient (Wildman–Crippen LogP) is 2.73. The van der Waals surface area contributed by atoms with Gasteiger partial charge in [0.1, 0.15) is 5.38 Å². The van der Waals surface area contributed by atoms with Gasteiger partial charge in [0.2, 0.25) is 5.91 Å². The van der Waals surface area contributed by atoms with Crippen LogP contribution in [0.3, 0.4) is 0 Å². The third-order valence-electron chi connectivity index (χ3n) is 2.44. The lowest BCUT2D eigenvalue weighted by Gasteiger charge is -2.13. The zero-order valence-corrected chi connectivity index (χ0v) is 12.3. The van der Waals surface area contributed by atoms with E-state index in [4.69, 9.17) is 21.1 Å². The van der Waals surface area contributed by atoms with Crippen LogP contribution in [0.1, 0.15) is 26.3 Å². The molecule has 1 N–H and O–H groups in total. The van der Waals surface area contributed by atoms with Crippen LogP contribution in [0.5, 0.6) is 11.5 Å². The number of benzene rings is 1. The van der Waals surface area contributed by atoms with Gasteiger partial charge in [0, 0.05) is 6.54 Å². The summed E-state index contributed by atoms with van der Waals surface area (Å²) < 4.78 is 11.0. The molecule has 0 radical (unpaired) electrons. The molecule has 0 aliphatic carbocycles. The molecular formula is C14H20ClNO3. The van der Waals surface area contributed by atoms with Crippen molar-refractivity contribution in [3.63, 3.8) is 0 Å². The molecule has 0 aliphatic heterocycles. The Hall–Kier alpha value is -1.42. The average molecular weight is 286 g/mol. The monoisotopic (exact) mass is 285 g/mol. The van der Waals surface area contributed by atoms with Gasteiger partial charge in [0.05, 0.1) is 13.2 Å². The fourth-order valence-electron chi connectivity index (χ4n) is 1.54. The number of nitrogens with one attached hydrogen (secondary N) is 1. The number of hydrogen-bond acceptors (Lipinski definition) is 3. The van der Waals surface area contributed by atoms with Crippen molar-refractivity contribution in [2.24, 2.45) is 0 Å². The Bertz CT molecular complexity index is 421. The number of rotatable bonds is 7. The molecule has 1 aromatic rings. The first kappa shape index (κ1) is 15.6. The second kappa shape index (κ2) is 7.89. The van der Waals surface area contributed by atoms with Gasteiger partial charge in [-0.2, -0.15) is 0 Å². The van der Waals surface area contributed by atoms with Crippen LogP contribution in [-0.4, -0.2) is 24.5 Å². The average Bonchev–Trinajstić information content (AvgIpc) is 2.39. The minimum atomic E-state index is -0.533. The fourth-order valence-corrected chi connectivity index (χ4v) is 1.61. The molecule has 4 nitrogen and oxygen atoms in total. The molecule has 0 spiro atoms. The van der Waals surface area contributed by atoms with Gasteiger partial charge < -0.3 is 14.8 Å². The number of carbonyl (C=O) groups is 1. The Labute approximate surface area is 119 Å². The van der Waals surface area contributed by atoms with E-state index in [9.17, 15) is 4.79 Å². The minimum absolute atomic E-state index is 0.187. The SMILES string of the molecule is CCOc1ccc(CNC(=O)C(C)Cl)cc1OCC. The van der Waals surface area contributed by atoms with Crippen molar-refractivity contribution in [2.75, 3.05) is 13.2 Å². The molecule has 1 unspecified atom stereocenters. The number of alkyl halides is 1. The maximum atomic E-state index is 11.4. The summed E-state index contributed by atoms with van der Waals surface area (Å²) in [4.78, 5) is 11.4. The molecule has 0 saturated carbocycles. The molecule has 0 fully saturated rings. The van der Waals surface area contributed by atoms with E-state index in [1.807, 2.05) is 32.0 Å². The van der Waals surface area contributed by atoms with E-state index >= 15 is 0 Å². The molecule has 0 bridgehead atoms. The van der Waals surface area contributed by atoms with E-state index in [1.54, 1.807) is 6.92 Å². The van der Waals surface area contributed by atoms with Gasteiger partial charge in [-0.15, -0.1) is 11.6 Å². The third-order valence-corrected chi connectivity index (χ3v) is 2.63. The standard InChI is InChI=1S/C14H20ClNO3/c1-4-18-12-7-6-11(8-13(12)19-5-2)9-16-14(17)10(3)15/h6-8,10H,4-5,9H2,1-3H3,(H,16,17). The normalized spacial score (nSPS) is 11.8. The maximum Gasteiger partial charge on any atom is 0.238 e. The van der Waals surface area contributed by atoms with Crippen LogP contribution in [0, 0.1) is 0 Å². The first-order valence-electron chi connectivity index (χ1n) is 6.38. The molecule has 1 rings (SSSR count). The molecular weight excluding hydrogens is 266 g/mol. The van der Waals surface area contributed by atoms with E-state index < -0.39 is 5.38 Å². The first-order valence-corrected chi connectivity index (χ1v) is 6.82. The van der Waals surface area contributed by atoms with Crippen LogP contribution < -0.4 is 14.8 Å². The number of halogens is 1. The lowest BCUT2D eigenvalue weighted by molar-refractivity contribution is -0.120. The van der Waals surface area contributed by atoms with Gasteiger partial charge in [-0.05, 0) is 38.5 Å². The summed E-state index contributed by atoms with van der Waals surface area (Å²) in [5.74, 6) is 1.22. The van der Waals surface area contributed by atoms with Crippen molar-refractivity contribution >= 4 is 17.5 Å². The van der Waals surface area contributed by atoms with E-state index in [1.165, 1.54) is 0 Å². The van der Waals surface area contributed by atoms with Crippen LogP contribution in [0.2, 0.25) is 0 Å². The van der Waals surface area contributed by atoms with Crippen LogP contribution in [-0.2, 0) is 11.3 Å². The third kappa shape index (κ3) is 4.99. The second-order valence-corrected chi connectivity index (χ2v) is 4.64. The molecule has 5 heteroatoms. The molecule has 0 heterocycles. The van der Waals surface area contributed by atoms with Crippen molar-refractivity contribution in [3.05, 3.63) is 23.8 Å². The molecule has 1 atom stereocenters. The van der Waals surface area contributed by atoms with Crippen LogP contribution in [0.25, 0.3) is 0 Å². The number of carbonyl (C=O) groups excluding carboxylic acids is 1. The smallest absolute Gasteiger partial charge is 0.238 e. The van der Waals surface area contributed by atoms with Gasteiger partial charge in [-0.25, -0.2) is 0 Å². The second-order valence-electron chi connectivity index (χ2n) is 3.98. The molecule has 0 aliphatic rings. The molecule has 0 saturated heterocycles. The number of amides is 1. The quantitative estimate of drug-likeness (QED) is 0.784. The largest absolute Gasteiger partial charge is 0.490 e. The Morgan fingerprint density at radius 3 is 2.47 bits per heavy atom. The van der Waals surface area contributed by atoms with E-state index in [0.717, 1.165) is 5.56 Å². The van der Waals surface area contributed by atoms with Gasteiger partial charge in [-0.3, -0.25) is 4.79 Å². The van der Waals surface area contributed by atoms with Gasteiger partial charge in [0.25, 0.3) is 0 Å². The highest BCUT2D eigenvalue weighted by Gasteiger charge is 2.10. The lowest BCUT2D eigenvalue weighted by Crippen LogP contribution is -2.29. The zero-order chi connectivity index (χ0) is 14.3. The number of ether oxygens (including phenoxy) is 2. The van der Waals surface area contributed by atoms with Gasteiger partial charge in [-0.1, -0.05) is 6.07 Å². The van der Waals surface area contributed by atoms with Crippen molar-refractivity contribution in [1.82, 2.24) is 5.32 Å². The van der Waals surface area contributed by atoms with E-state index in [0.29, 0.717) is 31.3 Å². The predicted molar refractivity (Wildman–Crippen MR) is 75.9 cm³/mol. The Balaban J connectivity index is 2.74. The first-order chi connectivity index (χ1) is 9.08. The Morgan fingerprint density at radius 2 is 1.89 bits per heavy atom. The van der Waals surface area contributed by atoms with Crippen LogP contribution in [0.15, 0.2) is 18.2 Å². The van der Waals surface area contributed by atoms with Crippen LogP contribution >= 0.6 is 11.6 Å². The minimum Gasteiger partial charge on any atom is -0.490 e. The summed E-state index contributed by atoms with van der Waals surface area (Å²) in [5.41, 5.74) is 0.942. The van der Waals surface area contributed by atoms with Crippen molar-refractivity contribution in [2.45, 2.75) is 32.7 Å². The Morgan fingerprint density at radius 1 is 1.26 bits per heavy atom. The topological polar surface area (TPSA) is 47.6 Å². The number of hydrogen-bond donors (Lipinski definition) is 1. The van der Waals surface area contributed by atoms with E-state index in [2.05, 4.69) is 5.32 Å². The zero-order valence-electron chi connectivity index (χ0n) is 11.5. The van der Waals surface area contributed by atoms with Crippen molar-refractivity contribution in [3.8, 4) is 11.5 Å². The van der Waals surface area contributed by atoms with Crippen LogP contribution in [0.4, 0.5) is 0 Å². The molecule has 0 aromatic heterocycles. The van der Waals surface area contributed by atoms with Gasteiger partial charge in [0.15, 0.2) is 11.5 Å².